The summed E-state index contributed by atoms with van der Waals surface area (Å²) >= 11 is 1.07. The van der Waals surface area contributed by atoms with E-state index in [9.17, 15) is 9.18 Å². The standard InChI is InChI=1S/C18H16FN3O3S/c1-11-7-8-15(24-2)14(9-11)20-16(23)10-26-18-22-21-17(25-18)12-5-3-4-6-13(12)19/h3-9H,10H2,1-2H3,(H,20,23). The van der Waals surface area contributed by atoms with Gasteiger partial charge in [-0.2, -0.15) is 0 Å². The maximum Gasteiger partial charge on any atom is 0.277 e. The van der Waals surface area contributed by atoms with Crippen LogP contribution in [0.3, 0.4) is 0 Å². The van der Waals surface area contributed by atoms with Gasteiger partial charge in [0.1, 0.15) is 11.6 Å². The van der Waals surface area contributed by atoms with E-state index in [-0.39, 0.29) is 28.3 Å². The van der Waals surface area contributed by atoms with Crippen LogP contribution >= 0.6 is 11.8 Å². The van der Waals surface area contributed by atoms with Gasteiger partial charge in [-0.25, -0.2) is 4.39 Å². The molecule has 1 heterocycles. The molecule has 0 fully saturated rings. The number of aromatic nitrogens is 2. The molecule has 1 amide bonds. The van der Waals surface area contributed by atoms with Crippen molar-refractivity contribution in [2.45, 2.75) is 12.1 Å². The Kier molecular flexibility index (Phi) is 5.52. The van der Waals surface area contributed by atoms with E-state index in [1.165, 1.54) is 13.2 Å². The van der Waals surface area contributed by atoms with E-state index in [4.69, 9.17) is 9.15 Å². The molecule has 8 heteroatoms. The number of carbonyl (C=O) groups excluding carboxylic acids is 1. The van der Waals surface area contributed by atoms with Crippen molar-refractivity contribution in [3.63, 3.8) is 0 Å². The third-order valence-electron chi connectivity index (χ3n) is 3.47. The van der Waals surface area contributed by atoms with E-state index < -0.39 is 5.82 Å². The average Bonchev–Trinajstić information content (AvgIpc) is 3.09. The third-order valence-corrected chi connectivity index (χ3v) is 4.28. The maximum atomic E-state index is 13.7. The first kappa shape index (κ1) is 17.9. The zero-order chi connectivity index (χ0) is 18.5. The summed E-state index contributed by atoms with van der Waals surface area (Å²) in [4.78, 5) is 12.2. The van der Waals surface area contributed by atoms with Crippen molar-refractivity contribution in [2.75, 3.05) is 18.2 Å². The summed E-state index contributed by atoms with van der Waals surface area (Å²) in [5.41, 5.74) is 1.82. The number of carbonyl (C=O) groups is 1. The molecule has 0 spiro atoms. The number of hydrogen-bond acceptors (Lipinski definition) is 6. The number of amides is 1. The fourth-order valence-electron chi connectivity index (χ4n) is 2.24. The minimum Gasteiger partial charge on any atom is -0.495 e. The lowest BCUT2D eigenvalue weighted by molar-refractivity contribution is -0.113. The van der Waals surface area contributed by atoms with Gasteiger partial charge in [0, 0.05) is 0 Å². The second-order valence-corrected chi connectivity index (χ2v) is 6.32. The lowest BCUT2D eigenvalue weighted by Crippen LogP contribution is -2.14. The molecule has 0 atom stereocenters. The van der Waals surface area contributed by atoms with Crippen LogP contribution in [0.2, 0.25) is 0 Å². The van der Waals surface area contributed by atoms with Crippen molar-refractivity contribution >= 4 is 23.4 Å². The largest absolute Gasteiger partial charge is 0.495 e. The molecule has 3 rings (SSSR count). The van der Waals surface area contributed by atoms with Gasteiger partial charge >= 0.3 is 0 Å². The molecule has 134 valence electrons. The molecule has 0 saturated heterocycles. The summed E-state index contributed by atoms with van der Waals surface area (Å²) in [6.07, 6.45) is 0. The number of rotatable bonds is 6. The smallest absolute Gasteiger partial charge is 0.277 e. The molecule has 0 aliphatic carbocycles. The lowest BCUT2D eigenvalue weighted by Gasteiger charge is -2.10. The molecule has 0 bridgehead atoms. The van der Waals surface area contributed by atoms with Crippen LogP contribution in [-0.2, 0) is 4.79 Å². The third kappa shape index (κ3) is 4.20. The van der Waals surface area contributed by atoms with Crippen molar-refractivity contribution in [2.24, 2.45) is 0 Å². The molecule has 26 heavy (non-hydrogen) atoms. The summed E-state index contributed by atoms with van der Waals surface area (Å²) in [6, 6.07) is 11.6. The summed E-state index contributed by atoms with van der Waals surface area (Å²) in [7, 11) is 1.54. The number of thioether (sulfide) groups is 1. The lowest BCUT2D eigenvalue weighted by atomic mass is 10.2. The molecule has 1 aromatic heterocycles. The van der Waals surface area contributed by atoms with Gasteiger partial charge in [-0.3, -0.25) is 4.79 Å². The van der Waals surface area contributed by atoms with E-state index in [2.05, 4.69) is 15.5 Å². The van der Waals surface area contributed by atoms with Crippen LogP contribution in [0.1, 0.15) is 5.56 Å². The first-order chi connectivity index (χ1) is 12.6. The predicted octanol–water partition coefficient (Wildman–Crippen LogP) is 3.92. The summed E-state index contributed by atoms with van der Waals surface area (Å²) in [5, 5.41) is 10.6. The first-order valence-electron chi connectivity index (χ1n) is 7.72. The number of halogens is 1. The Morgan fingerprint density at radius 1 is 1.27 bits per heavy atom. The van der Waals surface area contributed by atoms with E-state index in [0.29, 0.717) is 11.4 Å². The van der Waals surface area contributed by atoms with Crippen LogP contribution in [0.15, 0.2) is 52.1 Å². The highest BCUT2D eigenvalue weighted by molar-refractivity contribution is 7.99. The summed E-state index contributed by atoms with van der Waals surface area (Å²) in [6.45, 7) is 1.92. The number of nitrogens with one attached hydrogen (secondary N) is 1. The summed E-state index contributed by atoms with van der Waals surface area (Å²) in [5.74, 6) is 0.0252. The van der Waals surface area contributed by atoms with Crippen LogP contribution < -0.4 is 10.1 Å². The SMILES string of the molecule is COc1ccc(C)cc1NC(=O)CSc1nnc(-c2ccccc2F)o1. The zero-order valence-corrected chi connectivity index (χ0v) is 15.0. The maximum absolute atomic E-state index is 13.7. The Morgan fingerprint density at radius 2 is 2.08 bits per heavy atom. The van der Waals surface area contributed by atoms with Gasteiger partial charge in [0.25, 0.3) is 11.1 Å². The molecule has 0 saturated carbocycles. The molecule has 3 aromatic rings. The van der Waals surface area contributed by atoms with Crippen molar-refractivity contribution in [3.05, 3.63) is 53.8 Å². The first-order valence-corrected chi connectivity index (χ1v) is 8.71. The summed E-state index contributed by atoms with van der Waals surface area (Å²) < 4.78 is 24.4. The number of ether oxygens (including phenoxy) is 1. The Morgan fingerprint density at radius 3 is 2.85 bits per heavy atom. The van der Waals surface area contributed by atoms with Gasteiger partial charge in [0.2, 0.25) is 5.91 Å². The highest BCUT2D eigenvalue weighted by atomic mass is 32.2. The van der Waals surface area contributed by atoms with Gasteiger partial charge in [0.15, 0.2) is 0 Å². The highest BCUT2D eigenvalue weighted by Gasteiger charge is 2.14. The van der Waals surface area contributed by atoms with Gasteiger partial charge in [-0.15, -0.1) is 10.2 Å². The van der Waals surface area contributed by atoms with Gasteiger partial charge in [-0.05, 0) is 36.8 Å². The molecule has 2 aromatic carbocycles. The number of nitrogens with zero attached hydrogens (tertiary/aromatic N) is 2. The number of benzene rings is 2. The normalized spacial score (nSPS) is 10.6. The van der Waals surface area contributed by atoms with E-state index >= 15 is 0 Å². The molecule has 0 unspecified atom stereocenters. The predicted molar refractivity (Wildman–Crippen MR) is 96.8 cm³/mol. The molecular weight excluding hydrogens is 357 g/mol. The minimum absolute atomic E-state index is 0.0655. The fraction of sp³-hybridized carbons (Fsp3) is 0.167. The molecule has 0 radical (unpaired) electrons. The topological polar surface area (TPSA) is 77.2 Å². The molecule has 1 N–H and O–H groups in total. The van der Waals surface area contributed by atoms with Gasteiger partial charge in [-0.1, -0.05) is 30.0 Å². The van der Waals surface area contributed by atoms with Crippen LogP contribution in [0.4, 0.5) is 10.1 Å². The molecule has 0 aliphatic rings. The van der Waals surface area contributed by atoms with Crippen LogP contribution in [0.5, 0.6) is 5.75 Å². The number of aryl methyl sites for hydroxylation is 1. The highest BCUT2D eigenvalue weighted by Crippen LogP contribution is 2.27. The fourth-order valence-corrected chi connectivity index (χ4v) is 2.81. The molecule has 6 nitrogen and oxygen atoms in total. The van der Waals surface area contributed by atoms with Crippen LogP contribution in [0.25, 0.3) is 11.5 Å². The Bertz CT molecular complexity index is 930. The van der Waals surface area contributed by atoms with Crippen molar-refractivity contribution in [1.82, 2.24) is 10.2 Å². The number of anilines is 1. The average molecular weight is 373 g/mol. The van der Waals surface area contributed by atoms with Gasteiger partial charge < -0.3 is 14.5 Å². The minimum atomic E-state index is -0.447. The van der Waals surface area contributed by atoms with Crippen LogP contribution in [0, 0.1) is 12.7 Å². The Hall–Kier alpha value is -2.87. The van der Waals surface area contributed by atoms with Crippen molar-refractivity contribution < 1.29 is 18.3 Å². The van der Waals surface area contributed by atoms with E-state index in [1.54, 1.807) is 24.3 Å². The van der Waals surface area contributed by atoms with E-state index in [1.807, 2.05) is 19.1 Å². The second-order valence-electron chi connectivity index (χ2n) is 5.39. The Labute approximate surface area is 153 Å². The quantitative estimate of drug-likeness (QED) is 0.660. The van der Waals surface area contributed by atoms with Crippen molar-refractivity contribution in [1.29, 1.82) is 0 Å². The number of hydrogen-bond donors (Lipinski definition) is 1. The Balaban J connectivity index is 1.62. The second kappa shape index (κ2) is 8.01. The number of methoxy groups -OCH3 is 1. The monoisotopic (exact) mass is 373 g/mol. The molecular formula is C18H16FN3O3S. The van der Waals surface area contributed by atoms with Crippen molar-refractivity contribution in [3.8, 4) is 17.2 Å². The van der Waals surface area contributed by atoms with Gasteiger partial charge in [0.05, 0.1) is 24.1 Å². The van der Waals surface area contributed by atoms with E-state index in [0.717, 1.165) is 17.3 Å². The van der Waals surface area contributed by atoms with Crippen LogP contribution in [-0.4, -0.2) is 29.0 Å². The zero-order valence-electron chi connectivity index (χ0n) is 14.2. The molecule has 0 aliphatic heterocycles.